The molecular formula is C24H23Cl2N3O3. The van der Waals surface area contributed by atoms with Gasteiger partial charge in [0.15, 0.2) is 0 Å². The number of benzene rings is 2. The summed E-state index contributed by atoms with van der Waals surface area (Å²) in [6.07, 6.45) is 4.26. The zero-order chi connectivity index (χ0) is 23.3. The van der Waals surface area contributed by atoms with Crippen molar-refractivity contribution < 1.29 is 9.63 Å². The Morgan fingerprint density at radius 2 is 1.78 bits per heavy atom. The number of aryl methyl sites for hydroxylation is 1. The molecule has 0 atom stereocenters. The first-order chi connectivity index (χ1) is 15.3. The number of carbonyl (C=O) groups is 1. The molecule has 0 amide bonds. The van der Waals surface area contributed by atoms with Crippen molar-refractivity contribution in [1.82, 2.24) is 4.57 Å². The van der Waals surface area contributed by atoms with Gasteiger partial charge in [-0.05, 0) is 54.0 Å². The second kappa shape index (κ2) is 10.5. The van der Waals surface area contributed by atoms with Gasteiger partial charge >= 0.3 is 5.97 Å². The molecule has 8 heteroatoms. The topological polar surface area (TPSA) is 77.6 Å². The number of aromatic nitrogens is 1. The summed E-state index contributed by atoms with van der Waals surface area (Å²) in [5, 5.41) is 0.443. The molecule has 0 aliphatic rings. The van der Waals surface area contributed by atoms with Crippen LogP contribution >= 0.6 is 23.2 Å². The number of carbonyl (C=O) groups excluding carboxylic acids is 1. The molecule has 0 aliphatic carbocycles. The summed E-state index contributed by atoms with van der Waals surface area (Å²) in [6, 6.07) is 16.3. The van der Waals surface area contributed by atoms with E-state index in [0.29, 0.717) is 29.2 Å². The Kier molecular flexibility index (Phi) is 7.75. The summed E-state index contributed by atoms with van der Waals surface area (Å²) in [4.78, 5) is 30.5. The Labute approximate surface area is 196 Å². The minimum Gasteiger partial charge on any atom is -0.378 e. The van der Waals surface area contributed by atoms with E-state index in [1.165, 1.54) is 6.07 Å². The van der Waals surface area contributed by atoms with Crippen molar-refractivity contribution in [2.24, 2.45) is 5.90 Å². The normalized spacial score (nSPS) is 11.0. The summed E-state index contributed by atoms with van der Waals surface area (Å²) in [7, 11) is 3.95. The molecule has 0 radical (unpaired) electrons. The number of pyridine rings is 1. The molecular weight excluding hydrogens is 449 g/mol. The lowest BCUT2D eigenvalue weighted by Gasteiger charge is -2.14. The van der Waals surface area contributed by atoms with Gasteiger partial charge in [-0.2, -0.15) is 5.90 Å². The van der Waals surface area contributed by atoms with Gasteiger partial charge in [0.05, 0.1) is 16.3 Å². The molecule has 2 aromatic carbocycles. The predicted molar refractivity (Wildman–Crippen MR) is 130 cm³/mol. The van der Waals surface area contributed by atoms with Crippen molar-refractivity contribution in [3.8, 4) is 0 Å². The molecule has 3 rings (SSSR count). The van der Waals surface area contributed by atoms with Gasteiger partial charge in [-0.15, -0.1) is 0 Å². The molecule has 0 saturated heterocycles. The second-order valence-electron chi connectivity index (χ2n) is 7.36. The molecule has 0 fully saturated rings. The van der Waals surface area contributed by atoms with Crippen LogP contribution in [0.15, 0.2) is 59.4 Å². The van der Waals surface area contributed by atoms with E-state index in [1.54, 1.807) is 28.8 Å². The monoisotopic (exact) mass is 471 g/mol. The van der Waals surface area contributed by atoms with Crippen LogP contribution < -0.4 is 16.4 Å². The highest BCUT2D eigenvalue weighted by molar-refractivity contribution is 6.35. The van der Waals surface area contributed by atoms with Crippen LogP contribution in [0.4, 0.5) is 5.69 Å². The minimum absolute atomic E-state index is 0.0581. The fraction of sp³-hybridized carbons (Fsp3) is 0.167. The number of anilines is 1. The van der Waals surface area contributed by atoms with Crippen LogP contribution in [-0.4, -0.2) is 24.6 Å². The fourth-order valence-electron chi connectivity index (χ4n) is 3.20. The fourth-order valence-corrected chi connectivity index (χ4v) is 3.75. The minimum atomic E-state index is -0.611. The van der Waals surface area contributed by atoms with Crippen LogP contribution in [0.3, 0.4) is 0 Å². The Hall–Kier alpha value is -3.06. The molecule has 32 heavy (non-hydrogen) atoms. The summed E-state index contributed by atoms with van der Waals surface area (Å²) in [6.45, 7) is 0.358. The van der Waals surface area contributed by atoms with Crippen LogP contribution in [-0.2, 0) is 17.8 Å². The number of hydrogen-bond donors (Lipinski definition) is 1. The SMILES string of the molecule is CN(C)c1cccc(/C=C/c2c(Cl)cc(Cl)c(=O)n2CCc2ccc(C(=O)ON)cc2)c1. The lowest BCUT2D eigenvalue weighted by molar-refractivity contribution is 0.0503. The number of nitrogens with two attached hydrogens (primary N) is 1. The van der Waals surface area contributed by atoms with E-state index in [-0.39, 0.29) is 10.6 Å². The third kappa shape index (κ3) is 5.59. The van der Waals surface area contributed by atoms with Gasteiger partial charge in [-0.1, -0.05) is 53.5 Å². The molecule has 166 valence electrons. The second-order valence-corrected chi connectivity index (χ2v) is 8.17. The van der Waals surface area contributed by atoms with Crippen molar-refractivity contribution in [3.05, 3.63) is 97.4 Å². The van der Waals surface area contributed by atoms with Crippen molar-refractivity contribution in [1.29, 1.82) is 0 Å². The maximum absolute atomic E-state index is 12.8. The Balaban J connectivity index is 1.88. The third-order valence-electron chi connectivity index (χ3n) is 4.98. The highest BCUT2D eigenvalue weighted by Crippen LogP contribution is 2.22. The van der Waals surface area contributed by atoms with Gasteiger partial charge in [0.1, 0.15) is 5.02 Å². The van der Waals surface area contributed by atoms with Crippen molar-refractivity contribution in [2.75, 3.05) is 19.0 Å². The molecule has 0 aliphatic heterocycles. The molecule has 1 aromatic heterocycles. The predicted octanol–water partition coefficient (Wildman–Crippen LogP) is 4.66. The molecule has 6 nitrogen and oxygen atoms in total. The molecule has 1 heterocycles. The number of halogens is 2. The molecule has 3 aromatic rings. The van der Waals surface area contributed by atoms with Gasteiger partial charge in [-0.3, -0.25) is 4.79 Å². The summed E-state index contributed by atoms with van der Waals surface area (Å²) in [5.74, 6) is 4.30. The Morgan fingerprint density at radius 3 is 2.44 bits per heavy atom. The van der Waals surface area contributed by atoms with Crippen LogP contribution in [0.2, 0.25) is 10.0 Å². The molecule has 0 unspecified atom stereocenters. The van der Waals surface area contributed by atoms with E-state index < -0.39 is 5.97 Å². The average Bonchev–Trinajstić information content (AvgIpc) is 2.79. The van der Waals surface area contributed by atoms with E-state index in [1.807, 2.05) is 55.4 Å². The number of rotatable bonds is 7. The van der Waals surface area contributed by atoms with Crippen LogP contribution in [0.5, 0.6) is 0 Å². The first-order valence-electron chi connectivity index (χ1n) is 9.84. The van der Waals surface area contributed by atoms with Crippen molar-refractivity contribution in [3.63, 3.8) is 0 Å². The van der Waals surface area contributed by atoms with Crippen molar-refractivity contribution >= 4 is 47.0 Å². The smallest absolute Gasteiger partial charge is 0.356 e. The van der Waals surface area contributed by atoms with E-state index >= 15 is 0 Å². The lowest BCUT2D eigenvalue weighted by Crippen LogP contribution is -2.24. The van der Waals surface area contributed by atoms with E-state index in [9.17, 15) is 9.59 Å². The highest BCUT2D eigenvalue weighted by atomic mass is 35.5. The van der Waals surface area contributed by atoms with Gasteiger partial charge < -0.3 is 14.3 Å². The highest BCUT2D eigenvalue weighted by Gasteiger charge is 2.12. The van der Waals surface area contributed by atoms with Crippen molar-refractivity contribution in [2.45, 2.75) is 13.0 Å². The van der Waals surface area contributed by atoms with Crippen LogP contribution in [0.1, 0.15) is 27.2 Å². The van der Waals surface area contributed by atoms with Crippen LogP contribution in [0.25, 0.3) is 12.2 Å². The standard InChI is InChI=1S/C24H23Cl2N3O3/c1-28(2)19-5-3-4-17(14-19)8-11-22-20(25)15-21(26)23(30)29(22)13-12-16-6-9-18(10-7-16)24(31)32-27/h3-11,14-15H,12-13,27H2,1-2H3/b11-8+. The van der Waals surface area contributed by atoms with Gasteiger partial charge in [0.2, 0.25) is 0 Å². The van der Waals surface area contributed by atoms with E-state index in [2.05, 4.69) is 4.84 Å². The van der Waals surface area contributed by atoms with Gasteiger partial charge in [0, 0.05) is 26.3 Å². The number of nitrogens with zero attached hydrogens (tertiary/aromatic N) is 2. The Bertz CT molecular complexity index is 1200. The quantitative estimate of drug-likeness (QED) is 0.506. The largest absolute Gasteiger partial charge is 0.378 e. The molecule has 0 saturated carbocycles. The zero-order valence-electron chi connectivity index (χ0n) is 17.7. The molecule has 0 bridgehead atoms. The molecule has 0 spiro atoms. The first-order valence-corrected chi connectivity index (χ1v) is 10.6. The maximum atomic E-state index is 12.8. The first kappa shape index (κ1) is 23.6. The van der Waals surface area contributed by atoms with E-state index in [0.717, 1.165) is 16.8 Å². The average molecular weight is 472 g/mol. The summed E-state index contributed by atoms with van der Waals surface area (Å²) in [5.41, 5.74) is 3.57. The lowest BCUT2D eigenvalue weighted by atomic mass is 10.1. The molecule has 2 N–H and O–H groups in total. The summed E-state index contributed by atoms with van der Waals surface area (Å²) < 4.78 is 1.55. The van der Waals surface area contributed by atoms with E-state index in [4.69, 9.17) is 29.1 Å². The van der Waals surface area contributed by atoms with Crippen LogP contribution in [0, 0.1) is 0 Å². The zero-order valence-corrected chi connectivity index (χ0v) is 19.2. The maximum Gasteiger partial charge on any atom is 0.356 e. The van der Waals surface area contributed by atoms with Gasteiger partial charge in [-0.25, -0.2) is 4.79 Å². The number of hydrogen-bond acceptors (Lipinski definition) is 5. The third-order valence-corrected chi connectivity index (χ3v) is 5.55. The Morgan fingerprint density at radius 1 is 1.06 bits per heavy atom. The van der Waals surface area contributed by atoms with Gasteiger partial charge in [0.25, 0.3) is 5.56 Å². The summed E-state index contributed by atoms with van der Waals surface area (Å²) >= 11 is 12.5.